The number of nitrogens with one attached hydrogen (secondary N) is 1. The van der Waals surface area contributed by atoms with E-state index in [0.717, 1.165) is 14.5 Å². The van der Waals surface area contributed by atoms with Crippen LogP contribution in [0.3, 0.4) is 0 Å². The molecule has 0 fully saturated rings. The molecule has 1 heterocycles. The fourth-order valence-corrected chi connectivity index (χ4v) is 2.52. The van der Waals surface area contributed by atoms with Crippen molar-refractivity contribution in [2.75, 3.05) is 5.32 Å². The maximum atomic E-state index is 12.2. The molecule has 1 aromatic heterocycles. The summed E-state index contributed by atoms with van der Waals surface area (Å²) >= 11 is 2.19. The molecule has 0 aliphatic heterocycles. The number of rotatable bonds is 2. The monoisotopic (exact) mass is 374 g/mol. The smallest absolute Gasteiger partial charge is 0.255 e. The van der Waals surface area contributed by atoms with Crippen molar-refractivity contribution >= 4 is 45.1 Å². The first-order valence-electron chi connectivity index (χ1n) is 6.14. The number of anilines is 1. The van der Waals surface area contributed by atoms with E-state index in [2.05, 4.69) is 32.9 Å². The predicted molar refractivity (Wildman–Crippen MR) is 88.9 cm³/mol. The standard InChI is InChI=1S/C16H11IN2O/c17-13-6-3-5-12(8-13)16(20)19-14-9-11-4-1-2-7-15(11)18-10-14/h1-10H,(H,19,20). The quantitative estimate of drug-likeness (QED) is 0.687. The lowest BCUT2D eigenvalue weighted by Crippen LogP contribution is -2.12. The van der Waals surface area contributed by atoms with Gasteiger partial charge >= 0.3 is 0 Å². The van der Waals surface area contributed by atoms with Gasteiger partial charge in [0.1, 0.15) is 0 Å². The molecule has 0 aliphatic rings. The highest BCUT2D eigenvalue weighted by Crippen LogP contribution is 2.17. The van der Waals surface area contributed by atoms with Gasteiger partial charge in [-0.15, -0.1) is 0 Å². The maximum Gasteiger partial charge on any atom is 0.255 e. The van der Waals surface area contributed by atoms with E-state index in [1.165, 1.54) is 0 Å². The first-order valence-corrected chi connectivity index (χ1v) is 7.22. The zero-order valence-electron chi connectivity index (χ0n) is 10.5. The Morgan fingerprint density at radius 2 is 1.90 bits per heavy atom. The fraction of sp³-hybridized carbons (Fsp3) is 0. The lowest BCUT2D eigenvalue weighted by Gasteiger charge is -2.06. The number of hydrogen-bond acceptors (Lipinski definition) is 2. The van der Waals surface area contributed by atoms with Crippen LogP contribution in [0, 0.1) is 3.57 Å². The lowest BCUT2D eigenvalue weighted by atomic mass is 10.2. The van der Waals surface area contributed by atoms with Crippen molar-refractivity contribution < 1.29 is 4.79 Å². The van der Waals surface area contributed by atoms with Crippen LogP contribution in [-0.2, 0) is 0 Å². The Labute approximate surface area is 130 Å². The highest BCUT2D eigenvalue weighted by atomic mass is 127. The minimum Gasteiger partial charge on any atom is -0.321 e. The largest absolute Gasteiger partial charge is 0.321 e. The molecule has 98 valence electrons. The molecular formula is C16H11IN2O. The lowest BCUT2D eigenvalue weighted by molar-refractivity contribution is 0.102. The van der Waals surface area contributed by atoms with Crippen LogP contribution in [0.5, 0.6) is 0 Å². The minimum atomic E-state index is -0.124. The zero-order chi connectivity index (χ0) is 13.9. The molecule has 20 heavy (non-hydrogen) atoms. The Hall–Kier alpha value is -1.95. The molecule has 3 aromatic rings. The van der Waals surface area contributed by atoms with Crippen molar-refractivity contribution in [3.05, 3.63) is 69.9 Å². The summed E-state index contributed by atoms with van der Waals surface area (Å²) < 4.78 is 1.03. The third-order valence-electron chi connectivity index (χ3n) is 2.94. The van der Waals surface area contributed by atoms with Crippen LogP contribution in [-0.4, -0.2) is 10.9 Å². The van der Waals surface area contributed by atoms with E-state index in [-0.39, 0.29) is 5.91 Å². The number of fused-ring (bicyclic) bond motifs is 1. The van der Waals surface area contributed by atoms with Crippen LogP contribution >= 0.6 is 22.6 Å². The van der Waals surface area contributed by atoms with Gasteiger partial charge < -0.3 is 5.32 Å². The van der Waals surface area contributed by atoms with Gasteiger partial charge in [0.2, 0.25) is 0 Å². The SMILES string of the molecule is O=C(Nc1cnc2ccccc2c1)c1cccc(I)c1. The van der Waals surface area contributed by atoms with E-state index >= 15 is 0 Å². The topological polar surface area (TPSA) is 42.0 Å². The minimum absolute atomic E-state index is 0.124. The van der Waals surface area contributed by atoms with Crippen LogP contribution < -0.4 is 5.32 Å². The van der Waals surface area contributed by atoms with E-state index in [0.29, 0.717) is 11.3 Å². The predicted octanol–water partition coefficient (Wildman–Crippen LogP) is 4.09. The van der Waals surface area contributed by atoms with Crippen LogP contribution in [0.2, 0.25) is 0 Å². The van der Waals surface area contributed by atoms with Crippen LogP contribution in [0.25, 0.3) is 10.9 Å². The molecule has 3 nitrogen and oxygen atoms in total. The van der Waals surface area contributed by atoms with Crippen molar-refractivity contribution in [2.24, 2.45) is 0 Å². The fourth-order valence-electron chi connectivity index (χ4n) is 1.97. The van der Waals surface area contributed by atoms with Crippen LogP contribution in [0.1, 0.15) is 10.4 Å². The number of pyridine rings is 1. The number of para-hydroxylation sites is 1. The molecule has 4 heteroatoms. The van der Waals surface area contributed by atoms with Gasteiger partial charge in [0.15, 0.2) is 0 Å². The zero-order valence-corrected chi connectivity index (χ0v) is 12.7. The highest BCUT2D eigenvalue weighted by molar-refractivity contribution is 14.1. The number of amides is 1. The number of hydrogen-bond donors (Lipinski definition) is 1. The summed E-state index contributed by atoms with van der Waals surface area (Å²) in [6.07, 6.45) is 1.67. The van der Waals surface area contributed by atoms with Gasteiger partial charge in [-0.05, 0) is 52.9 Å². The number of carbonyl (C=O) groups excluding carboxylic acids is 1. The Balaban J connectivity index is 1.87. The molecule has 1 amide bonds. The summed E-state index contributed by atoms with van der Waals surface area (Å²) in [6.45, 7) is 0. The molecule has 0 unspecified atom stereocenters. The Morgan fingerprint density at radius 1 is 1.05 bits per heavy atom. The third-order valence-corrected chi connectivity index (χ3v) is 3.61. The third kappa shape index (κ3) is 2.80. The molecule has 2 aromatic carbocycles. The van der Waals surface area contributed by atoms with Crippen molar-refractivity contribution in [3.8, 4) is 0 Å². The summed E-state index contributed by atoms with van der Waals surface area (Å²) in [5, 5.41) is 3.88. The first kappa shape index (κ1) is 13.1. The summed E-state index contributed by atoms with van der Waals surface area (Å²) in [5.41, 5.74) is 2.26. The number of aromatic nitrogens is 1. The van der Waals surface area contributed by atoms with Crippen molar-refractivity contribution in [1.29, 1.82) is 0 Å². The second-order valence-corrected chi connectivity index (χ2v) is 5.63. The Morgan fingerprint density at radius 3 is 2.75 bits per heavy atom. The molecule has 0 bridgehead atoms. The number of halogens is 1. The molecule has 0 saturated heterocycles. The number of carbonyl (C=O) groups is 1. The van der Waals surface area contributed by atoms with E-state index in [1.807, 2.05) is 48.5 Å². The van der Waals surface area contributed by atoms with E-state index in [1.54, 1.807) is 12.3 Å². The van der Waals surface area contributed by atoms with Gasteiger partial charge in [-0.2, -0.15) is 0 Å². The first-order chi connectivity index (χ1) is 9.72. The normalized spacial score (nSPS) is 10.4. The summed E-state index contributed by atoms with van der Waals surface area (Å²) in [7, 11) is 0. The van der Waals surface area contributed by atoms with E-state index in [9.17, 15) is 4.79 Å². The Kier molecular flexibility index (Phi) is 3.64. The van der Waals surface area contributed by atoms with E-state index in [4.69, 9.17) is 0 Å². The van der Waals surface area contributed by atoms with Gasteiger partial charge in [-0.25, -0.2) is 0 Å². The molecule has 0 atom stereocenters. The number of benzene rings is 2. The second-order valence-electron chi connectivity index (χ2n) is 4.38. The summed E-state index contributed by atoms with van der Waals surface area (Å²) in [5.74, 6) is -0.124. The molecule has 3 rings (SSSR count). The molecule has 0 spiro atoms. The van der Waals surface area contributed by atoms with Crippen molar-refractivity contribution in [3.63, 3.8) is 0 Å². The van der Waals surface area contributed by atoms with Gasteiger partial charge in [-0.3, -0.25) is 9.78 Å². The van der Waals surface area contributed by atoms with Gasteiger partial charge in [0.25, 0.3) is 5.91 Å². The molecule has 0 radical (unpaired) electrons. The maximum absolute atomic E-state index is 12.2. The van der Waals surface area contributed by atoms with Gasteiger partial charge in [0.05, 0.1) is 17.4 Å². The molecular weight excluding hydrogens is 363 g/mol. The number of nitrogens with zero attached hydrogens (tertiary/aromatic N) is 1. The Bertz CT molecular complexity index is 786. The second kappa shape index (κ2) is 5.58. The van der Waals surface area contributed by atoms with E-state index < -0.39 is 0 Å². The van der Waals surface area contributed by atoms with Crippen molar-refractivity contribution in [1.82, 2.24) is 4.98 Å². The molecule has 1 N–H and O–H groups in total. The van der Waals surface area contributed by atoms with Gasteiger partial charge in [-0.1, -0.05) is 24.3 Å². The van der Waals surface area contributed by atoms with Gasteiger partial charge in [0, 0.05) is 14.5 Å². The van der Waals surface area contributed by atoms with Crippen LogP contribution in [0.4, 0.5) is 5.69 Å². The summed E-state index contributed by atoms with van der Waals surface area (Å²) in [6, 6.07) is 17.2. The molecule has 0 saturated carbocycles. The van der Waals surface area contributed by atoms with Crippen LogP contribution in [0.15, 0.2) is 60.8 Å². The average molecular weight is 374 g/mol. The van der Waals surface area contributed by atoms with Crippen molar-refractivity contribution in [2.45, 2.75) is 0 Å². The summed E-state index contributed by atoms with van der Waals surface area (Å²) in [4.78, 5) is 16.5. The average Bonchev–Trinajstić information content (AvgIpc) is 2.47. The highest BCUT2D eigenvalue weighted by Gasteiger charge is 2.07. The molecule has 0 aliphatic carbocycles.